The number of fused-ring (bicyclic) bond motifs is 1. The third-order valence-electron chi connectivity index (χ3n) is 6.20. The summed E-state index contributed by atoms with van der Waals surface area (Å²) in [5.41, 5.74) is 1.72. The van der Waals surface area contributed by atoms with E-state index in [0.29, 0.717) is 11.6 Å². The minimum Gasteiger partial charge on any atom is -0.497 e. The number of imidazole rings is 1. The number of methoxy groups -OCH3 is 2. The molecule has 4 rings (SSSR count). The molecule has 156 valence electrons. The molecule has 2 aromatic rings. The van der Waals surface area contributed by atoms with Crippen molar-refractivity contribution in [2.24, 2.45) is 0 Å². The molecular formula is C22H30N4O3. The van der Waals surface area contributed by atoms with Crippen molar-refractivity contribution in [3.05, 3.63) is 41.5 Å². The van der Waals surface area contributed by atoms with E-state index in [-0.39, 0.29) is 5.91 Å². The van der Waals surface area contributed by atoms with E-state index in [9.17, 15) is 4.79 Å². The van der Waals surface area contributed by atoms with Crippen LogP contribution in [0.2, 0.25) is 0 Å². The molecule has 29 heavy (non-hydrogen) atoms. The third-order valence-corrected chi connectivity index (χ3v) is 6.20. The van der Waals surface area contributed by atoms with Gasteiger partial charge in [-0.25, -0.2) is 4.98 Å². The number of hydrogen-bond donors (Lipinski definition) is 0. The van der Waals surface area contributed by atoms with Crippen LogP contribution in [0.3, 0.4) is 0 Å². The topological polar surface area (TPSA) is 59.8 Å². The van der Waals surface area contributed by atoms with E-state index in [1.807, 2.05) is 23.2 Å². The summed E-state index contributed by atoms with van der Waals surface area (Å²) in [7, 11) is 3.38. The van der Waals surface area contributed by atoms with E-state index < -0.39 is 0 Å². The number of aryl methyl sites for hydroxylation is 1. The maximum Gasteiger partial charge on any atom is 0.274 e. The Kier molecular flexibility index (Phi) is 5.76. The number of carbonyl (C=O) groups excluding carboxylic acids is 1. The van der Waals surface area contributed by atoms with Crippen LogP contribution in [-0.4, -0.2) is 72.2 Å². The minimum atomic E-state index is 0.0539. The standard InChI is InChI=1S/C22H30N4O3/c1-4-24-9-11-25(12-10-24)22(27)19-15-26-14-16(5-8-21(26)23-19)18-13-17(28-2)6-7-20(18)29-3/h6-7,13,15-16H,4-5,8-12,14H2,1-3H3. The molecule has 1 aromatic heterocycles. The van der Waals surface area contributed by atoms with Crippen molar-refractivity contribution >= 4 is 5.91 Å². The van der Waals surface area contributed by atoms with Gasteiger partial charge < -0.3 is 23.8 Å². The molecule has 0 spiro atoms. The molecule has 7 heteroatoms. The van der Waals surface area contributed by atoms with Gasteiger partial charge in [-0.05, 0) is 31.2 Å². The molecule has 1 unspecified atom stereocenters. The Hall–Kier alpha value is -2.54. The molecule has 0 bridgehead atoms. The second-order valence-corrected chi connectivity index (χ2v) is 7.76. The third kappa shape index (κ3) is 3.96. The second-order valence-electron chi connectivity index (χ2n) is 7.76. The zero-order chi connectivity index (χ0) is 20.4. The van der Waals surface area contributed by atoms with Gasteiger partial charge in [0.05, 0.1) is 14.2 Å². The first-order valence-electron chi connectivity index (χ1n) is 10.4. The number of carbonyl (C=O) groups is 1. The average molecular weight is 399 g/mol. The molecule has 7 nitrogen and oxygen atoms in total. The summed E-state index contributed by atoms with van der Waals surface area (Å²) in [4.78, 5) is 21.9. The number of ether oxygens (including phenoxy) is 2. The SMILES string of the molecule is CCN1CCN(C(=O)c2cn3c(n2)CCC(c2cc(OC)ccc2OC)C3)CC1. The van der Waals surface area contributed by atoms with Gasteiger partial charge in [0.1, 0.15) is 23.0 Å². The monoisotopic (exact) mass is 398 g/mol. The van der Waals surface area contributed by atoms with Crippen molar-refractivity contribution in [2.75, 3.05) is 46.9 Å². The zero-order valence-electron chi connectivity index (χ0n) is 17.6. The molecule has 2 aliphatic rings. The summed E-state index contributed by atoms with van der Waals surface area (Å²) < 4.78 is 13.1. The number of piperazine rings is 1. The number of amides is 1. The molecular weight excluding hydrogens is 368 g/mol. The Labute approximate surface area is 172 Å². The Bertz CT molecular complexity index is 871. The van der Waals surface area contributed by atoms with Crippen molar-refractivity contribution in [1.82, 2.24) is 19.4 Å². The smallest absolute Gasteiger partial charge is 0.274 e. The minimum absolute atomic E-state index is 0.0539. The lowest BCUT2D eigenvalue weighted by Crippen LogP contribution is -2.48. The van der Waals surface area contributed by atoms with Gasteiger partial charge in [-0.1, -0.05) is 6.92 Å². The molecule has 0 N–H and O–H groups in total. The molecule has 1 fully saturated rings. The number of likely N-dealkylation sites (N-methyl/N-ethyl adjacent to an activating group) is 1. The number of nitrogens with zero attached hydrogens (tertiary/aromatic N) is 4. The number of aromatic nitrogens is 2. The van der Waals surface area contributed by atoms with Crippen LogP contribution in [0, 0.1) is 0 Å². The van der Waals surface area contributed by atoms with Gasteiger partial charge in [0.2, 0.25) is 0 Å². The van der Waals surface area contributed by atoms with Gasteiger partial charge in [-0.2, -0.15) is 0 Å². The summed E-state index contributed by atoms with van der Waals surface area (Å²) >= 11 is 0. The Balaban J connectivity index is 1.50. The summed E-state index contributed by atoms with van der Waals surface area (Å²) in [6.07, 6.45) is 3.76. The molecule has 2 aliphatic heterocycles. The van der Waals surface area contributed by atoms with E-state index in [1.54, 1.807) is 14.2 Å². The Morgan fingerprint density at radius 3 is 2.66 bits per heavy atom. The number of benzene rings is 1. The highest BCUT2D eigenvalue weighted by Gasteiger charge is 2.28. The van der Waals surface area contributed by atoms with Crippen LogP contribution in [0.1, 0.15) is 41.1 Å². The fourth-order valence-electron chi connectivity index (χ4n) is 4.39. The Morgan fingerprint density at radius 1 is 1.17 bits per heavy atom. The van der Waals surface area contributed by atoms with Gasteiger partial charge in [-0.15, -0.1) is 0 Å². The number of hydrogen-bond acceptors (Lipinski definition) is 5. The molecule has 1 atom stereocenters. The summed E-state index contributed by atoms with van der Waals surface area (Å²) in [5.74, 6) is 3.07. The van der Waals surface area contributed by atoms with Crippen LogP contribution < -0.4 is 9.47 Å². The highest BCUT2D eigenvalue weighted by molar-refractivity contribution is 5.92. The fourth-order valence-corrected chi connectivity index (χ4v) is 4.39. The lowest BCUT2D eigenvalue weighted by molar-refractivity contribution is 0.0638. The Morgan fingerprint density at radius 2 is 1.97 bits per heavy atom. The van der Waals surface area contributed by atoms with E-state index in [1.165, 1.54) is 0 Å². The van der Waals surface area contributed by atoms with Gasteiger partial charge in [0.15, 0.2) is 0 Å². The molecule has 3 heterocycles. The van der Waals surface area contributed by atoms with Gasteiger partial charge in [-0.3, -0.25) is 4.79 Å². The van der Waals surface area contributed by atoms with E-state index >= 15 is 0 Å². The lowest BCUT2D eigenvalue weighted by atomic mass is 9.90. The quantitative estimate of drug-likeness (QED) is 0.774. The summed E-state index contributed by atoms with van der Waals surface area (Å²) in [6, 6.07) is 5.94. The van der Waals surface area contributed by atoms with Crippen LogP contribution in [0.25, 0.3) is 0 Å². The van der Waals surface area contributed by atoms with Crippen LogP contribution in [-0.2, 0) is 13.0 Å². The van der Waals surface area contributed by atoms with E-state index in [4.69, 9.17) is 9.47 Å². The van der Waals surface area contributed by atoms with Gasteiger partial charge >= 0.3 is 0 Å². The van der Waals surface area contributed by atoms with Crippen molar-refractivity contribution < 1.29 is 14.3 Å². The van der Waals surface area contributed by atoms with E-state index in [0.717, 1.165) is 75.0 Å². The van der Waals surface area contributed by atoms with Crippen molar-refractivity contribution in [1.29, 1.82) is 0 Å². The largest absolute Gasteiger partial charge is 0.497 e. The van der Waals surface area contributed by atoms with Crippen LogP contribution in [0.4, 0.5) is 0 Å². The first-order chi connectivity index (χ1) is 14.1. The van der Waals surface area contributed by atoms with Crippen LogP contribution >= 0.6 is 0 Å². The van der Waals surface area contributed by atoms with Crippen molar-refractivity contribution in [3.8, 4) is 11.5 Å². The molecule has 1 saturated heterocycles. The average Bonchev–Trinajstić information content (AvgIpc) is 3.21. The van der Waals surface area contributed by atoms with Crippen LogP contribution in [0.15, 0.2) is 24.4 Å². The summed E-state index contributed by atoms with van der Waals surface area (Å²) in [5, 5.41) is 0. The predicted molar refractivity (Wildman–Crippen MR) is 111 cm³/mol. The molecule has 1 aromatic carbocycles. The molecule has 0 radical (unpaired) electrons. The molecule has 0 aliphatic carbocycles. The van der Waals surface area contributed by atoms with Crippen molar-refractivity contribution in [2.45, 2.75) is 32.2 Å². The molecule has 1 amide bonds. The van der Waals surface area contributed by atoms with E-state index in [2.05, 4.69) is 27.4 Å². The highest BCUT2D eigenvalue weighted by Crippen LogP contribution is 2.36. The predicted octanol–water partition coefficient (Wildman–Crippen LogP) is 2.41. The van der Waals surface area contributed by atoms with Gasteiger partial charge in [0, 0.05) is 56.8 Å². The second kappa shape index (κ2) is 8.45. The van der Waals surface area contributed by atoms with Crippen LogP contribution in [0.5, 0.6) is 11.5 Å². The summed E-state index contributed by atoms with van der Waals surface area (Å²) in [6.45, 7) is 7.42. The first-order valence-corrected chi connectivity index (χ1v) is 10.4. The maximum absolute atomic E-state index is 12.9. The lowest BCUT2D eigenvalue weighted by Gasteiger charge is -2.33. The first kappa shape index (κ1) is 19.8. The highest BCUT2D eigenvalue weighted by atomic mass is 16.5. The zero-order valence-corrected chi connectivity index (χ0v) is 17.6. The maximum atomic E-state index is 12.9. The molecule has 0 saturated carbocycles. The van der Waals surface area contributed by atoms with Crippen molar-refractivity contribution in [3.63, 3.8) is 0 Å². The normalized spacial score (nSPS) is 19.7. The van der Waals surface area contributed by atoms with Gasteiger partial charge in [0.25, 0.3) is 5.91 Å². The fraction of sp³-hybridized carbons (Fsp3) is 0.545. The number of rotatable bonds is 5.